The van der Waals surface area contributed by atoms with Gasteiger partial charge in [-0.1, -0.05) is 59.6 Å². The van der Waals surface area contributed by atoms with Crippen molar-refractivity contribution in [3.63, 3.8) is 0 Å². The fourth-order valence-corrected chi connectivity index (χ4v) is 3.65. The summed E-state index contributed by atoms with van der Waals surface area (Å²) in [5.74, 6) is -1.16. The van der Waals surface area contributed by atoms with Crippen molar-refractivity contribution in [1.29, 1.82) is 0 Å². The highest BCUT2D eigenvalue weighted by molar-refractivity contribution is 6.42. The maximum atomic E-state index is 13.1. The fraction of sp³-hybridized carbons (Fsp3) is 0.105. The first-order valence-corrected chi connectivity index (χ1v) is 8.86. The van der Waals surface area contributed by atoms with Gasteiger partial charge in [0.25, 0.3) is 11.8 Å². The van der Waals surface area contributed by atoms with Gasteiger partial charge in [-0.05, 0) is 23.8 Å². The maximum absolute atomic E-state index is 13.1. The molecule has 27 heavy (non-hydrogen) atoms. The largest absolute Gasteiger partial charge is 0.323 e. The third-order valence-electron chi connectivity index (χ3n) is 4.58. The molecule has 0 aliphatic carbocycles. The van der Waals surface area contributed by atoms with Crippen molar-refractivity contribution in [2.75, 3.05) is 11.4 Å². The van der Waals surface area contributed by atoms with Gasteiger partial charge in [0.05, 0.1) is 15.7 Å². The second-order valence-electron chi connectivity index (χ2n) is 6.17. The van der Waals surface area contributed by atoms with Crippen LogP contribution in [0, 0.1) is 0 Å². The van der Waals surface area contributed by atoms with E-state index in [1.165, 1.54) is 4.90 Å². The van der Waals surface area contributed by atoms with E-state index in [9.17, 15) is 14.4 Å². The molecule has 4 rings (SSSR count). The number of para-hydroxylation sites is 1. The SMILES string of the molecule is O=C1NC(=O)C2(N1)C(=O)N(CC=Cc1ccc(Cl)c(Cl)c1)c1ccccc12. The Balaban J connectivity index is 1.65. The van der Waals surface area contributed by atoms with Gasteiger partial charge in [0, 0.05) is 12.1 Å². The number of imide groups is 1. The molecule has 2 heterocycles. The molecule has 2 aromatic carbocycles. The molecule has 0 radical (unpaired) electrons. The summed E-state index contributed by atoms with van der Waals surface area (Å²) in [5.41, 5.74) is 0.163. The van der Waals surface area contributed by atoms with Crippen LogP contribution in [0.4, 0.5) is 10.5 Å². The minimum absolute atomic E-state index is 0.223. The summed E-state index contributed by atoms with van der Waals surface area (Å²) < 4.78 is 0. The van der Waals surface area contributed by atoms with Gasteiger partial charge in [0.15, 0.2) is 0 Å². The third-order valence-corrected chi connectivity index (χ3v) is 5.31. The number of urea groups is 1. The second kappa shape index (κ2) is 6.40. The lowest BCUT2D eigenvalue weighted by atomic mass is 9.92. The summed E-state index contributed by atoms with van der Waals surface area (Å²) >= 11 is 11.9. The van der Waals surface area contributed by atoms with Crippen LogP contribution in [0.5, 0.6) is 0 Å². The molecule has 2 aliphatic rings. The summed E-state index contributed by atoms with van der Waals surface area (Å²) in [6.07, 6.45) is 3.58. The van der Waals surface area contributed by atoms with E-state index in [-0.39, 0.29) is 6.54 Å². The lowest BCUT2D eigenvalue weighted by molar-refractivity contribution is -0.133. The van der Waals surface area contributed by atoms with Gasteiger partial charge in [-0.2, -0.15) is 0 Å². The lowest BCUT2D eigenvalue weighted by Gasteiger charge is -2.20. The second-order valence-corrected chi connectivity index (χ2v) is 6.98. The van der Waals surface area contributed by atoms with Crippen molar-refractivity contribution in [3.05, 3.63) is 69.7 Å². The minimum atomic E-state index is -1.70. The van der Waals surface area contributed by atoms with E-state index in [0.29, 0.717) is 21.3 Å². The number of hydrogen-bond donors (Lipinski definition) is 2. The zero-order valence-corrected chi connectivity index (χ0v) is 15.3. The van der Waals surface area contributed by atoms with Crippen molar-refractivity contribution < 1.29 is 14.4 Å². The highest BCUT2D eigenvalue weighted by Gasteiger charge is 2.60. The molecule has 6 nitrogen and oxygen atoms in total. The number of halogens is 2. The number of carbonyl (C=O) groups is 3. The quantitative estimate of drug-likeness (QED) is 0.612. The molecule has 0 saturated carbocycles. The molecule has 1 spiro atoms. The maximum Gasteiger partial charge on any atom is 0.323 e. The third kappa shape index (κ3) is 2.69. The minimum Gasteiger partial charge on any atom is -0.312 e. The van der Waals surface area contributed by atoms with Crippen LogP contribution in [-0.4, -0.2) is 24.4 Å². The van der Waals surface area contributed by atoms with Gasteiger partial charge in [-0.25, -0.2) is 4.79 Å². The zero-order valence-electron chi connectivity index (χ0n) is 13.8. The van der Waals surface area contributed by atoms with Crippen molar-refractivity contribution >= 4 is 52.8 Å². The van der Waals surface area contributed by atoms with E-state index in [0.717, 1.165) is 5.56 Å². The van der Waals surface area contributed by atoms with E-state index in [4.69, 9.17) is 23.2 Å². The highest BCUT2D eigenvalue weighted by atomic mass is 35.5. The zero-order chi connectivity index (χ0) is 19.2. The summed E-state index contributed by atoms with van der Waals surface area (Å²) in [6.45, 7) is 0.223. The van der Waals surface area contributed by atoms with Gasteiger partial charge in [0.2, 0.25) is 5.54 Å². The van der Waals surface area contributed by atoms with E-state index in [1.54, 1.807) is 54.6 Å². The Labute approximate surface area is 164 Å². The van der Waals surface area contributed by atoms with E-state index < -0.39 is 23.4 Å². The van der Waals surface area contributed by atoms with Crippen molar-refractivity contribution in [2.45, 2.75) is 5.54 Å². The summed E-state index contributed by atoms with van der Waals surface area (Å²) in [4.78, 5) is 38.6. The number of rotatable bonds is 3. The molecular formula is C19H13Cl2N3O3. The number of fused-ring (bicyclic) bond motifs is 2. The van der Waals surface area contributed by atoms with E-state index >= 15 is 0 Å². The molecule has 2 aromatic rings. The van der Waals surface area contributed by atoms with Crippen LogP contribution in [0.2, 0.25) is 10.0 Å². The van der Waals surface area contributed by atoms with Crippen LogP contribution in [0.3, 0.4) is 0 Å². The van der Waals surface area contributed by atoms with Crippen LogP contribution >= 0.6 is 23.2 Å². The molecule has 2 N–H and O–H groups in total. The van der Waals surface area contributed by atoms with Crippen LogP contribution in [0.1, 0.15) is 11.1 Å². The van der Waals surface area contributed by atoms with Crippen LogP contribution < -0.4 is 15.5 Å². The van der Waals surface area contributed by atoms with Crippen molar-refractivity contribution in [2.24, 2.45) is 0 Å². The number of hydrogen-bond acceptors (Lipinski definition) is 3. The van der Waals surface area contributed by atoms with Gasteiger partial charge in [-0.3, -0.25) is 14.9 Å². The first-order valence-electron chi connectivity index (χ1n) is 8.10. The Morgan fingerprint density at radius 3 is 2.52 bits per heavy atom. The first kappa shape index (κ1) is 17.6. The molecule has 1 saturated heterocycles. The normalized spacial score (nSPS) is 21.1. The predicted molar refractivity (Wildman–Crippen MR) is 103 cm³/mol. The summed E-state index contributed by atoms with van der Waals surface area (Å²) in [7, 11) is 0. The van der Waals surface area contributed by atoms with Gasteiger partial charge in [0.1, 0.15) is 0 Å². The van der Waals surface area contributed by atoms with Crippen LogP contribution in [-0.2, 0) is 15.1 Å². The fourth-order valence-electron chi connectivity index (χ4n) is 3.34. The monoisotopic (exact) mass is 401 g/mol. The number of nitrogens with zero attached hydrogens (tertiary/aromatic N) is 1. The molecule has 4 amide bonds. The van der Waals surface area contributed by atoms with Gasteiger partial charge in [-0.15, -0.1) is 0 Å². The van der Waals surface area contributed by atoms with E-state index in [2.05, 4.69) is 10.6 Å². The number of amides is 4. The number of anilines is 1. The van der Waals surface area contributed by atoms with Crippen molar-refractivity contribution in [1.82, 2.24) is 10.6 Å². The average Bonchev–Trinajstić information content (AvgIpc) is 3.07. The number of benzene rings is 2. The van der Waals surface area contributed by atoms with Gasteiger partial charge >= 0.3 is 6.03 Å². The summed E-state index contributed by atoms with van der Waals surface area (Å²) in [6, 6.07) is 11.4. The predicted octanol–water partition coefficient (Wildman–Crippen LogP) is 3.09. The molecule has 1 unspecified atom stereocenters. The van der Waals surface area contributed by atoms with Gasteiger partial charge < -0.3 is 10.2 Å². The van der Waals surface area contributed by atoms with Crippen LogP contribution in [0.25, 0.3) is 6.08 Å². The molecular weight excluding hydrogens is 389 g/mol. The van der Waals surface area contributed by atoms with Crippen molar-refractivity contribution in [3.8, 4) is 0 Å². The average molecular weight is 402 g/mol. The molecule has 0 aromatic heterocycles. The molecule has 0 bridgehead atoms. The van der Waals surface area contributed by atoms with Crippen LogP contribution in [0.15, 0.2) is 48.5 Å². The molecule has 1 atom stereocenters. The molecule has 2 aliphatic heterocycles. The first-order chi connectivity index (χ1) is 12.9. The standard InChI is InChI=1S/C19H13Cl2N3O3/c20-13-8-7-11(10-14(13)21)4-3-9-24-15-6-2-1-5-12(15)19(17(24)26)16(25)22-18(27)23-19/h1-8,10H,9H2,(H2,22,23,25,27). The number of nitrogens with one attached hydrogen (secondary N) is 2. The topological polar surface area (TPSA) is 78.5 Å². The molecule has 136 valence electrons. The number of carbonyl (C=O) groups excluding carboxylic acids is 3. The highest BCUT2D eigenvalue weighted by Crippen LogP contribution is 2.41. The Hall–Kier alpha value is -2.83. The lowest BCUT2D eigenvalue weighted by Crippen LogP contribution is -2.52. The Bertz CT molecular complexity index is 1020. The Morgan fingerprint density at radius 1 is 1.04 bits per heavy atom. The summed E-state index contributed by atoms with van der Waals surface area (Å²) in [5, 5.41) is 5.54. The molecule has 8 heteroatoms. The van der Waals surface area contributed by atoms with E-state index in [1.807, 2.05) is 0 Å². The molecule has 1 fully saturated rings. The smallest absolute Gasteiger partial charge is 0.312 e. The Kier molecular flexibility index (Phi) is 4.17. The Morgan fingerprint density at radius 2 is 1.81 bits per heavy atom.